The van der Waals surface area contributed by atoms with Crippen molar-refractivity contribution in [3.63, 3.8) is 0 Å². The number of aryl methyl sites for hydroxylation is 1. The van der Waals surface area contributed by atoms with Gasteiger partial charge in [0.05, 0.1) is 5.69 Å². The van der Waals surface area contributed by atoms with Crippen LogP contribution < -0.4 is 10.2 Å². The summed E-state index contributed by atoms with van der Waals surface area (Å²) >= 11 is 1.88. The van der Waals surface area contributed by atoms with Gasteiger partial charge in [0.2, 0.25) is 0 Å². The summed E-state index contributed by atoms with van der Waals surface area (Å²) in [5.74, 6) is 1.85. The van der Waals surface area contributed by atoms with Crippen LogP contribution in [0.1, 0.15) is 36.3 Å². The van der Waals surface area contributed by atoms with E-state index in [1.54, 1.807) is 0 Å². The monoisotopic (exact) mass is 265 g/mol. The Morgan fingerprint density at radius 1 is 1.33 bits per heavy atom. The third-order valence-electron chi connectivity index (χ3n) is 4.34. The Hall–Kier alpha value is -0.610. The summed E-state index contributed by atoms with van der Waals surface area (Å²) in [7, 11) is 2.00. The highest BCUT2D eigenvalue weighted by atomic mass is 32.1. The molecule has 3 nitrogen and oxygen atoms in total. The molecular formula is C14H23N3S. The number of piperidine rings is 1. The Labute approximate surface area is 114 Å². The van der Waals surface area contributed by atoms with Gasteiger partial charge in [-0.3, -0.25) is 0 Å². The van der Waals surface area contributed by atoms with Gasteiger partial charge < -0.3 is 10.2 Å². The fraction of sp³-hybridized carbons (Fsp3) is 0.786. The van der Waals surface area contributed by atoms with E-state index in [2.05, 4.69) is 17.1 Å². The van der Waals surface area contributed by atoms with Crippen LogP contribution in [0.3, 0.4) is 0 Å². The molecule has 18 heavy (non-hydrogen) atoms. The van der Waals surface area contributed by atoms with E-state index in [9.17, 15) is 0 Å². The zero-order chi connectivity index (χ0) is 12.5. The Kier molecular flexibility index (Phi) is 3.57. The van der Waals surface area contributed by atoms with Gasteiger partial charge in [0.15, 0.2) is 5.13 Å². The Bertz CT molecular complexity index is 403. The molecule has 0 amide bonds. The van der Waals surface area contributed by atoms with Crippen molar-refractivity contribution >= 4 is 16.5 Å². The molecule has 0 spiro atoms. The highest BCUT2D eigenvalue weighted by Crippen LogP contribution is 2.37. The van der Waals surface area contributed by atoms with E-state index >= 15 is 0 Å². The summed E-state index contributed by atoms with van der Waals surface area (Å²) in [5.41, 5.74) is 1.21. The second-order valence-corrected chi connectivity index (χ2v) is 6.90. The van der Waals surface area contributed by atoms with Crippen LogP contribution in [0.15, 0.2) is 0 Å². The maximum atomic E-state index is 4.78. The number of hydrogen-bond donors (Lipinski definition) is 1. The lowest BCUT2D eigenvalue weighted by atomic mass is 9.78. The normalized spacial score (nSPS) is 27.6. The quantitative estimate of drug-likeness (QED) is 0.911. The first kappa shape index (κ1) is 12.4. The van der Waals surface area contributed by atoms with Gasteiger partial charge >= 0.3 is 0 Å². The van der Waals surface area contributed by atoms with Crippen LogP contribution >= 0.6 is 11.3 Å². The third-order valence-corrected chi connectivity index (χ3v) is 5.56. The molecule has 2 bridgehead atoms. The lowest BCUT2D eigenvalue weighted by Crippen LogP contribution is -2.42. The van der Waals surface area contributed by atoms with Crippen molar-refractivity contribution in [3.05, 3.63) is 10.6 Å². The molecule has 2 unspecified atom stereocenters. The molecule has 2 fully saturated rings. The first-order valence-corrected chi connectivity index (χ1v) is 7.93. The smallest absolute Gasteiger partial charge is 0.185 e. The van der Waals surface area contributed by atoms with Gasteiger partial charge in [0.25, 0.3) is 0 Å². The minimum Gasteiger partial charge on any atom is -0.348 e. The number of anilines is 1. The van der Waals surface area contributed by atoms with E-state index in [1.165, 1.54) is 54.5 Å². The van der Waals surface area contributed by atoms with E-state index < -0.39 is 0 Å². The summed E-state index contributed by atoms with van der Waals surface area (Å²) in [4.78, 5) is 8.73. The second-order valence-electron chi connectivity index (χ2n) is 5.84. The van der Waals surface area contributed by atoms with Crippen LogP contribution in [0.25, 0.3) is 0 Å². The van der Waals surface area contributed by atoms with Crippen LogP contribution in [-0.4, -0.2) is 25.1 Å². The van der Waals surface area contributed by atoms with E-state index in [0.717, 1.165) is 18.4 Å². The first-order valence-electron chi connectivity index (χ1n) is 7.12. The second kappa shape index (κ2) is 5.17. The number of fused-ring (bicyclic) bond motifs is 2. The zero-order valence-corrected chi connectivity index (χ0v) is 12.2. The number of thiazole rings is 1. The van der Waals surface area contributed by atoms with E-state index in [0.29, 0.717) is 0 Å². The molecular weight excluding hydrogens is 242 g/mol. The van der Waals surface area contributed by atoms with Gasteiger partial charge in [-0.15, -0.1) is 11.3 Å². The Morgan fingerprint density at radius 2 is 2.06 bits per heavy atom. The average molecular weight is 265 g/mol. The maximum Gasteiger partial charge on any atom is 0.185 e. The van der Waals surface area contributed by atoms with Crippen LogP contribution in [0.5, 0.6) is 0 Å². The molecule has 2 aliphatic rings. The largest absolute Gasteiger partial charge is 0.348 e. The topological polar surface area (TPSA) is 28.2 Å². The molecule has 1 aromatic rings. The standard InChI is InChI=1S/C14H23N3S/c1-10-13(7-15-2)18-14(16-10)17-8-11-4-3-5-12(6-11)9-17/h11-12,15H,3-9H2,1-2H3. The molecule has 1 aliphatic carbocycles. The van der Waals surface area contributed by atoms with Crippen molar-refractivity contribution in [2.24, 2.45) is 11.8 Å². The number of rotatable bonds is 3. The van der Waals surface area contributed by atoms with E-state index in [1.807, 2.05) is 18.4 Å². The molecule has 1 saturated carbocycles. The molecule has 0 radical (unpaired) electrons. The molecule has 3 rings (SSSR count). The van der Waals surface area contributed by atoms with Crippen LogP contribution in [0.4, 0.5) is 5.13 Å². The average Bonchev–Trinajstić information content (AvgIpc) is 2.71. The maximum absolute atomic E-state index is 4.78. The lowest BCUT2D eigenvalue weighted by Gasteiger charge is -2.41. The third kappa shape index (κ3) is 2.41. The van der Waals surface area contributed by atoms with Gasteiger partial charge in [-0.1, -0.05) is 6.42 Å². The van der Waals surface area contributed by atoms with E-state index in [-0.39, 0.29) is 0 Å². The van der Waals surface area contributed by atoms with Crippen LogP contribution in [0.2, 0.25) is 0 Å². The van der Waals surface area contributed by atoms with Crippen LogP contribution in [0, 0.1) is 18.8 Å². The molecule has 1 N–H and O–H groups in total. The van der Waals surface area contributed by atoms with Gasteiger partial charge in [0.1, 0.15) is 0 Å². The molecule has 100 valence electrons. The molecule has 1 aliphatic heterocycles. The molecule has 4 heteroatoms. The van der Waals surface area contributed by atoms with Crippen molar-refractivity contribution < 1.29 is 0 Å². The fourth-order valence-electron chi connectivity index (χ4n) is 3.46. The number of aromatic nitrogens is 1. The lowest BCUT2D eigenvalue weighted by molar-refractivity contribution is 0.231. The summed E-state index contributed by atoms with van der Waals surface area (Å²) in [6, 6.07) is 0. The number of nitrogens with zero attached hydrogens (tertiary/aromatic N) is 2. The van der Waals surface area contributed by atoms with Crippen LogP contribution in [-0.2, 0) is 6.54 Å². The summed E-state index contributed by atoms with van der Waals surface area (Å²) in [6.07, 6.45) is 5.77. The van der Waals surface area contributed by atoms with Gasteiger partial charge in [-0.05, 0) is 45.1 Å². The Balaban J connectivity index is 1.76. The molecule has 2 atom stereocenters. The highest BCUT2D eigenvalue weighted by molar-refractivity contribution is 7.15. The molecule has 1 aromatic heterocycles. The van der Waals surface area contributed by atoms with Crippen molar-refractivity contribution in [2.75, 3.05) is 25.0 Å². The van der Waals surface area contributed by atoms with Gasteiger partial charge in [0, 0.05) is 24.5 Å². The van der Waals surface area contributed by atoms with Gasteiger partial charge in [-0.2, -0.15) is 0 Å². The molecule has 2 heterocycles. The summed E-state index contributed by atoms with van der Waals surface area (Å²) < 4.78 is 0. The van der Waals surface area contributed by atoms with Crippen molar-refractivity contribution in [1.82, 2.24) is 10.3 Å². The Morgan fingerprint density at radius 3 is 2.72 bits per heavy atom. The highest BCUT2D eigenvalue weighted by Gasteiger charge is 2.31. The number of nitrogens with one attached hydrogen (secondary N) is 1. The SMILES string of the molecule is CNCc1sc(N2CC3CCCC(C3)C2)nc1C. The molecule has 0 aromatic carbocycles. The minimum atomic E-state index is 0.925. The van der Waals surface area contributed by atoms with Crippen molar-refractivity contribution in [1.29, 1.82) is 0 Å². The molecule has 1 saturated heterocycles. The minimum absolute atomic E-state index is 0.925. The van der Waals surface area contributed by atoms with Crippen molar-refractivity contribution in [2.45, 2.75) is 39.2 Å². The summed E-state index contributed by atoms with van der Waals surface area (Å²) in [5, 5.41) is 4.49. The predicted octanol–water partition coefficient (Wildman–Crippen LogP) is 2.80. The predicted molar refractivity (Wildman–Crippen MR) is 77.3 cm³/mol. The number of hydrogen-bond acceptors (Lipinski definition) is 4. The van der Waals surface area contributed by atoms with E-state index in [4.69, 9.17) is 4.98 Å². The fourth-order valence-corrected chi connectivity index (χ4v) is 4.55. The summed E-state index contributed by atoms with van der Waals surface area (Å²) in [6.45, 7) is 5.56. The first-order chi connectivity index (χ1) is 8.76. The van der Waals surface area contributed by atoms with Crippen molar-refractivity contribution in [3.8, 4) is 0 Å². The van der Waals surface area contributed by atoms with Gasteiger partial charge in [-0.25, -0.2) is 4.98 Å². The zero-order valence-electron chi connectivity index (χ0n) is 11.4.